The summed E-state index contributed by atoms with van der Waals surface area (Å²) >= 11 is 0. The van der Waals surface area contributed by atoms with Crippen LogP contribution in [0.3, 0.4) is 0 Å². The fraction of sp³-hybridized carbons (Fsp3) is 0.562. The summed E-state index contributed by atoms with van der Waals surface area (Å²) < 4.78 is 5.36. The molecule has 2 atom stereocenters. The summed E-state index contributed by atoms with van der Waals surface area (Å²) in [5, 5.41) is 10.3. The van der Waals surface area contributed by atoms with Crippen molar-refractivity contribution >= 4 is 5.91 Å². The maximum atomic E-state index is 12.1. The SMILES string of the molecule is CCOCCN1C(=O)C(O)C1(c1ccccc1)C(C)C. The molecule has 1 fully saturated rings. The Bertz CT molecular complexity index is 460. The Hall–Kier alpha value is -1.39. The van der Waals surface area contributed by atoms with Crippen molar-refractivity contribution in [3.63, 3.8) is 0 Å². The Morgan fingerprint density at radius 3 is 2.55 bits per heavy atom. The van der Waals surface area contributed by atoms with E-state index in [-0.39, 0.29) is 11.8 Å². The average molecular weight is 277 g/mol. The minimum absolute atomic E-state index is 0.124. The molecule has 0 aliphatic carbocycles. The topological polar surface area (TPSA) is 49.8 Å². The standard InChI is InChI=1S/C16H23NO3/c1-4-20-11-10-17-15(19)14(18)16(17,12(2)3)13-8-6-5-7-9-13/h5-9,12,14,18H,4,10-11H2,1-3H3. The highest BCUT2D eigenvalue weighted by molar-refractivity contribution is 5.90. The van der Waals surface area contributed by atoms with Gasteiger partial charge in [-0.15, -0.1) is 0 Å². The van der Waals surface area contributed by atoms with Gasteiger partial charge < -0.3 is 14.7 Å². The third-order valence-corrected chi connectivity index (χ3v) is 4.14. The summed E-state index contributed by atoms with van der Waals surface area (Å²) in [6.45, 7) is 7.64. The number of ether oxygens (including phenoxy) is 1. The smallest absolute Gasteiger partial charge is 0.255 e. The van der Waals surface area contributed by atoms with Gasteiger partial charge in [0.25, 0.3) is 5.91 Å². The van der Waals surface area contributed by atoms with Crippen LogP contribution in [0.4, 0.5) is 0 Å². The van der Waals surface area contributed by atoms with E-state index in [1.165, 1.54) is 0 Å². The van der Waals surface area contributed by atoms with Crippen LogP contribution < -0.4 is 0 Å². The fourth-order valence-corrected chi connectivity index (χ4v) is 3.17. The minimum atomic E-state index is -0.966. The Morgan fingerprint density at radius 2 is 2.00 bits per heavy atom. The van der Waals surface area contributed by atoms with E-state index in [1.54, 1.807) is 4.90 Å². The first kappa shape index (κ1) is 15.0. The van der Waals surface area contributed by atoms with Gasteiger partial charge in [-0.05, 0) is 18.4 Å². The van der Waals surface area contributed by atoms with Crippen molar-refractivity contribution in [2.45, 2.75) is 32.4 Å². The van der Waals surface area contributed by atoms with Crippen LogP contribution in [0.2, 0.25) is 0 Å². The van der Waals surface area contributed by atoms with Crippen LogP contribution in [-0.4, -0.2) is 41.8 Å². The van der Waals surface area contributed by atoms with Crippen molar-refractivity contribution in [3.8, 4) is 0 Å². The number of hydrogen-bond donors (Lipinski definition) is 1. The molecule has 0 radical (unpaired) electrons. The Morgan fingerprint density at radius 1 is 1.35 bits per heavy atom. The van der Waals surface area contributed by atoms with Gasteiger partial charge in [0, 0.05) is 13.2 Å². The number of aliphatic hydroxyl groups excluding tert-OH is 1. The number of amides is 1. The van der Waals surface area contributed by atoms with Crippen molar-refractivity contribution in [2.24, 2.45) is 5.92 Å². The minimum Gasteiger partial charge on any atom is -0.380 e. The maximum Gasteiger partial charge on any atom is 0.255 e. The summed E-state index contributed by atoms with van der Waals surface area (Å²) in [4.78, 5) is 13.8. The first-order valence-electron chi connectivity index (χ1n) is 7.19. The number of carbonyl (C=O) groups excluding carboxylic acids is 1. The lowest BCUT2D eigenvalue weighted by Crippen LogP contribution is -2.74. The predicted molar refractivity (Wildman–Crippen MR) is 77.2 cm³/mol. The number of likely N-dealkylation sites (tertiary alicyclic amines) is 1. The van der Waals surface area contributed by atoms with Crippen molar-refractivity contribution in [2.75, 3.05) is 19.8 Å². The van der Waals surface area contributed by atoms with Crippen molar-refractivity contribution in [3.05, 3.63) is 35.9 Å². The average Bonchev–Trinajstić information content (AvgIpc) is 2.46. The van der Waals surface area contributed by atoms with Crippen LogP contribution >= 0.6 is 0 Å². The van der Waals surface area contributed by atoms with Crippen LogP contribution in [0.5, 0.6) is 0 Å². The zero-order valence-electron chi connectivity index (χ0n) is 12.4. The van der Waals surface area contributed by atoms with Crippen LogP contribution in [0.15, 0.2) is 30.3 Å². The molecular weight excluding hydrogens is 254 g/mol. The first-order valence-corrected chi connectivity index (χ1v) is 7.19. The molecule has 1 aliphatic heterocycles. The second-order valence-electron chi connectivity index (χ2n) is 5.44. The molecule has 4 nitrogen and oxygen atoms in total. The van der Waals surface area contributed by atoms with Gasteiger partial charge in [-0.1, -0.05) is 44.2 Å². The molecule has 1 saturated heterocycles. The summed E-state index contributed by atoms with van der Waals surface area (Å²) in [5.74, 6) is -0.0820. The molecule has 1 aliphatic rings. The highest BCUT2D eigenvalue weighted by Gasteiger charge is 2.61. The van der Waals surface area contributed by atoms with Crippen LogP contribution in [0.25, 0.3) is 0 Å². The van der Waals surface area contributed by atoms with Gasteiger partial charge in [0.1, 0.15) is 5.54 Å². The molecule has 2 unspecified atom stereocenters. The Labute approximate surface area is 120 Å². The number of β-lactam (4-membered cyclic amide) rings is 1. The van der Waals surface area contributed by atoms with E-state index in [4.69, 9.17) is 4.74 Å². The molecule has 0 saturated carbocycles. The predicted octanol–water partition coefficient (Wildman–Crippen LogP) is 1.78. The van der Waals surface area contributed by atoms with E-state index in [2.05, 4.69) is 0 Å². The fourth-order valence-electron chi connectivity index (χ4n) is 3.17. The molecule has 0 spiro atoms. The summed E-state index contributed by atoms with van der Waals surface area (Å²) in [5.41, 5.74) is 0.355. The number of aliphatic hydroxyl groups is 1. The number of carbonyl (C=O) groups is 1. The molecule has 0 bridgehead atoms. The molecule has 2 rings (SSSR count). The molecule has 1 N–H and O–H groups in total. The molecule has 1 amide bonds. The van der Waals surface area contributed by atoms with E-state index in [1.807, 2.05) is 51.1 Å². The lowest BCUT2D eigenvalue weighted by atomic mass is 9.67. The Kier molecular flexibility index (Phi) is 4.45. The van der Waals surface area contributed by atoms with Gasteiger partial charge in [0.15, 0.2) is 6.10 Å². The largest absolute Gasteiger partial charge is 0.380 e. The molecule has 1 heterocycles. The van der Waals surface area contributed by atoms with Gasteiger partial charge in [0.2, 0.25) is 0 Å². The van der Waals surface area contributed by atoms with Gasteiger partial charge in [-0.2, -0.15) is 0 Å². The van der Waals surface area contributed by atoms with E-state index >= 15 is 0 Å². The van der Waals surface area contributed by atoms with Gasteiger partial charge in [-0.3, -0.25) is 4.79 Å². The van der Waals surface area contributed by atoms with Crippen molar-refractivity contribution in [1.29, 1.82) is 0 Å². The summed E-state index contributed by atoms with van der Waals surface area (Å²) in [7, 11) is 0. The van der Waals surface area contributed by atoms with Crippen LogP contribution in [0, 0.1) is 5.92 Å². The third-order valence-electron chi connectivity index (χ3n) is 4.14. The molecule has 20 heavy (non-hydrogen) atoms. The highest BCUT2D eigenvalue weighted by Crippen LogP contribution is 2.47. The number of rotatable bonds is 6. The number of benzene rings is 1. The first-order chi connectivity index (χ1) is 9.56. The third kappa shape index (κ3) is 2.13. The van der Waals surface area contributed by atoms with Gasteiger partial charge in [0.05, 0.1) is 6.61 Å². The van der Waals surface area contributed by atoms with E-state index < -0.39 is 11.6 Å². The van der Waals surface area contributed by atoms with E-state index in [0.29, 0.717) is 19.8 Å². The lowest BCUT2D eigenvalue weighted by molar-refractivity contribution is -0.198. The Balaban J connectivity index is 2.32. The monoisotopic (exact) mass is 277 g/mol. The second-order valence-corrected chi connectivity index (χ2v) is 5.44. The van der Waals surface area contributed by atoms with Crippen LogP contribution in [-0.2, 0) is 15.1 Å². The second kappa shape index (κ2) is 5.94. The molecular formula is C16H23NO3. The normalized spacial score (nSPS) is 25.9. The van der Waals surface area contributed by atoms with Gasteiger partial charge >= 0.3 is 0 Å². The molecule has 1 aromatic rings. The maximum absolute atomic E-state index is 12.1. The van der Waals surface area contributed by atoms with Gasteiger partial charge in [-0.25, -0.2) is 0 Å². The summed E-state index contributed by atoms with van der Waals surface area (Å²) in [6.07, 6.45) is -0.966. The summed E-state index contributed by atoms with van der Waals surface area (Å²) in [6, 6.07) is 9.77. The molecule has 1 aromatic carbocycles. The zero-order valence-corrected chi connectivity index (χ0v) is 12.4. The number of nitrogens with zero attached hydrogens (tertiary/aromatic N) is 1. The molecule has 110 valence electrons. The van der Waals surface area contributed by atoms with Crippen molar-refractivity contribution in [1.82, 2.24) is 4.90 Å². The molecule has 0 aromatic heterocycles. The molecule has 4 heteroatoms. The van der Waals surface area contributed by atoms with Crippen LogP contribution in [0.1, 0.15) is 26.3 Å². The van der Waals surface area contributed by atoms with E-state index in [9.17, 15) is 9.90 Å². The zero-order chi connectivity index (χ0) is 14.8. The highest BCUT2D eigenvalue weighted by atomic mass is 16.5. The number of hydrogen-bond acceptors (Lipinski definition) is 3. The van der Waals surface area contributed by atoms with Crippen molar-refractivity contribution < 1.29 is 14.6 Å². The van der Waals surface area contributed by atoms with E-state index in [0.717, 1.165) is 5.56 Å². The lowest BCUT2D eigenvalue weighted by Gasteiger charge is -2.58. The quantitative estimate of drug-likeness (QED) is 0.637.